The van der Waals surface area contributed by atoms with Gasteiger partial charge >= 0.3 is 6.18 Å². The molecule has 2 N–H and O–H groups in total. The third-order valence-corrected chi connectivity index (χ3v) is 7.66. The van der Waals surface area contributed by atoms with Gasteiger partial charge in [0.2, 0.25) is 0 Å². The summed E-state index contributed by atoms with van der Waals surface area (Å²) in [6.07, 6.45) is -3.01. The maximum absolute atomic E-state index is 14.9. The van der Waals surface area contributed by atoms with Gasteiger partial charge in [-0.25, -0.2) is 21.8 Å². The summed E-state index contributed by atoms with van der Waals surface area (Å²) in [5.41, 5.74) is -2.92. The molecule has 1 atom stereocenters. The van der Waals surface area contributed by atoms with E-state index in [4.69, 9.17) is 9.52 Å². The standard InChI is InChI=1S/C23H22F4N4O5S2/c1-11-9-16(38(5,34)35)18(24)13(3)19(11)36-22-17(12(2)20(30-31-22)23(25,26)27)21(32)29-14-7-6-8-15(10-14)37(4,28)33/h6-10,28H,1-5H3,(H,29,32). The van der Waals surface area contributed by atoms with Crippen molar-refractivity contribution in [2.45, 2.75) is 36.7 Å². The first-order valence-corrected chi connectivity index (χ1v) is 14.5. The van der Waals surface area contributed by atoms with Crippen molar-refractivity contribution in [3.63, 3.8) is 0 Å². The highest BCUT2D eigenvalue weighted by molar-refractivity contribution is 7.91. The Balaban J connectivity index is 2.17. The number of aryl methyl sites for hydroxylation is 1. The summed E-state index contributed by atoms with van der Waals surface area (Å²) in [6.45, 7) is 3.56. The average Bonchev–Trinajstić information content (AvgIpc) is 2.77. The number of benzene rings is 2. The van der Waals surface area contributed by atoms with Crippen LogP contribution in [0.1, 0.15) is 32.7 Å². The zero-order chi connectivity index (χ0) is 28.8. The Morgan fingerprint density at radius 3 is 2.21 bits per heavy atom. The van der Waals surface area contributed by atoms with Gasteiger partial charge in [-0.3, -0.25) is 4.79 Å². The number of rotatable bonds is 6. The van der Waals surface area contributed by atoms with Crippen LogP contribution < -0.4 is 10.1 Å². The average molecular weight is 575 g/mol. The fraction of sp³-hybridized carbons (Fsp3) is 0.261. The lowest BCUT2D eigenvalue weighted by Gasteiger charge is -2.18. The van der Waals surface area contributed by atoms with Crippen molar-refractivity contribution < 1.29 is 39.7 Å². The third-order valence-electron chi connectivity index (χ3n) is 5.41. The van der Waals surface area contributed by atoms with E-state index in [1.165, 1.54) is 38.1 Å². The van der Waals surface area contributed by atoms with Gasteiger partial charge in [0.1, 0.15) is 22.0 Å². The fourth-order valence-electron chi connectivity index (χ4n) is 3.55. The number of halogens is 4. The molecular formula is C23H22F4N4O5S2. The van der Waals surface area contributed by atoms with E-state index >= 15 is 0 Å². The molecule has 1 heterocycles. The highest BCUT2D eigenvalue weighted by atomic mass is 32.2. The summed E-state index contributed by atoms with van der Waals surface area (Å²) in [5.74, 6) is -3.20. The molecule has 0 aliphatic heterocycles. The zero-order valence-corrected chi connectivity index (χ0v) is 22.3. The predicted octanol–water partition coefficient (Wildman–Crippen LogP) is 5.04. The Morgan fingerprint density at radius 1 is 1.03 bits per heavy atom. The highest BCUT2D eigenvalue weighted by Gasteiger charge is 2.38. The van der Waals surface area contributed by atoms with Crippen LogP contribution in [0.15, 0.2) is 40.1 Å². The van der Waals surface area contributed by atoms with E-state index in [0.717, 1.165) is 25.5 Å². The molecule has 3 rings (SSSR count). The molecule has 38 heavy (non-hydrogen) atoms. The molecule has 3 aromatic rings. The minimum absolute atomic E-state index is 0.0287. The van der Waals surface area contributed by atoms with Gasteiger partial charge in [-0.1, -0.05) is 6.07 Å². The Labute approximate surface area is 216 Å². The van der Waals surface area contributed by atoms with Crippen LogP contribution in [0.2, 0.25) is 0 Å². The van der Waals surface area contributed by atoms with Crippen molar-refractivity contribution in [2.24, 2.45) is 0 Å². The van der Waals surface area contributed by atoms with E-state index in [9.17, 15) is 35.0 Å². The van der Waals surface area contributed by atoms with Crippen molar-refractivity contribution in [1.29, 1.82) is 4.78 Å². The summed E-state index contributed by atoms with van der Waals surface area (Å²) >= 11 is 0. The second-order valence-corrected chi connectivity index (χ2v) is 12.7. The van der Waals surface area contributed by atoms with Crippen molar-refractivity contribution in [2.75, 3.05) is 17.8 Å². The summed E-state index contributed by atoms with van der Waals surface area (Å²) < 4.78 is 105. The lowest BCUT2D eigenvalue weighted by Crippen LogP contribution is -2.21. The topological polar surface area (TPSA) is 139 Å². The molecule has 2 aromatic carbocycles. The first-order chi connectivity index (χ1) is 17.3. The summed E-state index contributed by atoms with van der Waals surface area (Å²) in [5, 5.41) is 8.95. The SMILES string of the molecule is Cc1cc(S(C)(=O)=O)c(F)c(C)c1Oc1nnc(C(F)(F)F)c(C)c1C(=O)Nc1cccc(S(C)(=N)=O)c1. The number of hydrogen-bond donors (Lipinski definition) is 2. The number of nitrogens with zero attached hydrogens (tertiary/aromatic N) is 2. The van der Waals surface area contributed by atoms with Gasteiger partial charge in [0.15, 0.2) is 15.5 Å². The minimum Gasteiger partial charge on any atom is -0.436 e. The number of anilines is 1. The molecule has 0 aliphatic rings. The van der Waals surface area contributed by atoms with Gasteiger partial charge in [-0.15, -0.1) is 10.2 Å². The molecule has 15 heteroatoms. The number of carbonyl (C=O) groups excluding carboxylic acids is 1. The van der Waals surface area contributed by atoms with E-state index in [1.54, 1.807) is 0 Å². The normalized spacial score (nSPS) is 13.6. The number of aromatic nitrogens is 2. The first kappa shape index (κ1) is 29.0. The molecule has 0 aliphatic carbocycles. The smallest absolute Gasteiger partial charge is 0.435 e. The molecule has 0 saturated heterocycles. The van der Waals surface area contributed by atoms with Crippen LogP contribution in [0.5, 0.6) is 11.6 Å². The molecule has 204 valence electrons. The van der Waals surface area contributed by atoms with Gasteiger partial charge in [-0.05, 0) is 56.2 Å². The van der Waals surface area contributed by atoms with Crippen LogP contribution in [0.25, 0.3) is 0 Å². The van der Waals surface area contributed by atoms with Crippen LogP contribution in [0.3, 0.4) is 0 Å². The number of hydrogen-bond acceptors (Lipinski definition) is 8. The second-order valence-electron chi connectivity index (χ2n) is 8.51. The summed E-state index contributed by atoms with van der Waals surface area (Å²) in [4.78, 5) is 12.7. The summed E-state index contributed by atoms with van der Waals surface area (Å²) in [7, 11) is -7.11. The minimum atomic E-state index is -4.97. The van der Waals surface area contributed by atoms with Gasteiger partial charge in [0, 0.05) is 28.7 Å². The number of sulfone groups is 1. The number of amides is 1. The van der Waals surface area contributed by atoms with Crippen molar-refractivity contribution in [1.82, 2.24) is 10.2 Å². The van der Waals surface area contributed by atoms with E-state index in [-0.39, 0.29) is 27.5 Å². The van der Waals surface area contributed by atoms with Crippen LogP contribution >= 0.6 is 0 Å². The van der Waals surface area contributed by atoms with Crippen molar-refractivity contribution >= 4 is 31.2 Å². The molecule has 0 fully saturated rings. The lowest BCUT2D eigenvalue weighted by molar-refractivity contribution is -0.142. The van der Waals surface area contributed by atoms with E-state index in [0.29, 0.717) is 0 Å². The van der Waals surface area contributed by atoms with E-state index in [1.807, 2.05) is 0 Å². The molecule has 9 nitrogen and oxygen atoms in total. The monoisotopic (exact) mass is 574 g/mol. The van der Waals surface area contributed by atoms with Crippen molar-refractivity contribution in [3.05, 3.63) is 64.1 Å². The molecule has 1 aromatic heterocycles. The van der Waals surface area contributed by atoms with Crippen LogP contribution in [0.4, 0.5) is 23.2 Å². The quantitative estimate of drug-likeness (QED) is 0.393. The van der Waals surface area contributed by atoms with Gasteiger partial charge in [0.05, 0.1) is 9.73 Å². The summed E-state index contributed by atoms with van der Waals surface area (Å²) in [6, 6.07) is 6.38. The number of alkyl halides is 3. The number of nitrogens with one attached hydrogen (secondary N) is 2. The number of ether oxygens (including phenoxy) is 1. The van der Waals surface area contributed by atoms with E-state index < -0.39 is 65.1 Å². The van der Waals surface area contributed by atoms with E-state index in [2.05, 4.69) is 15.5 Å². The molecule has 1 unspecified atom stereocenters. The Hall–Kier alpha value is -3.59. The van der Waals surface area contributed by atoms with Gasteiger partial charge in [0.25, 0.3) is 11.8 Å². The number of carbonyl (C=O) groups is 1. The largest absolute Gasteiger partial charge is 0.436 e. The van der Waals surface area contributed by atoms with Crippen LogP contribution in [0, 0.1) is 31.4 Å². The molecule has 1 amide bonds. The zero-order valence-electron chi connectivity index (χ0n) is 20.7. The molecule has 0 saturated carbocycles. The predicted molar refractivity (Wildman–Crippen MR) is 130 cm³/mol. The molecular weight excluding hydrogens is 552 g/mol. The second kappa shape index (κ2) is 9.94. The third kappa shape index (κ3) is 5.93. The Kier molecular flexibility index (Phi) is 7.58. The fourth-order valence-corrected chi connectivity index (χ4v) is 5.11. The van der Waals surface area contributed by atoms with Gasteiger partial charge < -0.3 is 10.1 Å². The maximum Gasteiger partial charge on any atom is 0.435 e. The maximum atomic E-state index is 14.9. The molecule has 0 radical (unpaired) electrons. The van der Waals surface area contributed by atoms with Gasteiger partial charge in [-0.2, -0.15) is 13.2 Å². The van der Waals surface area contributed by atoms with Crippen molar-refractivity contribution in [3.8, 4) is 11.6 Å². The molecule has 0 spiro atoms. The lowest BCUT2D eigenvalue weighted by atomic mass is 10.1. The Bertz CT molecular complexity index is 1670. The van der Waals surface area contributed by atoms with Crippen LogP contribution in [-0.2, 0) is 25.7 Å². The first-order valence-electron chi connectivity index (χ1n) is 10.6. The Morgan fingerprint density at radius 2 is 1.66 bits per heavy atom. The van der Waals surface area contributed by atoms with Crippen LogP contribution in [-0.4, -0.2) is 41.2 Å². The highest BCUT2D eigenvalue weighted by Crippen LogP contribution is 2.38. The molecule has 0 bridgehead atoms.